The maximum absolute atomic E-state index is 12.9. The number of nitrogens with one attached hydrogen (secondary N) is 3. The number of rotatable bonds is 16. The third-order valence-corrected chi connectivity index (χ3v) is 5.42. The van der Waals surface area contributed by atoms with E-state index in [9.17, 15) is 29.1 Å². The Balaban J connectivity index is 5.41. The molecule has 0 bridgehead atoms. The van der Waals surface area contributed by atoms with E-state index in [4.69, 9.17) is 10.8 Å². The predicted octanol–water partition coefficient (Wildman–Crippen LogP) is -0.553. The van der Waals surface area contributed by atoms with Crippen LogP contribution in [0.1, 0.15) is 39.5 Å². The molecule has 0 saturated heterocycles. The van der Waals surface area contributed by atoms with E-state index < -0.39 is 60.2 Å². The number of nitrogens with two attached hydrogens (primary N) is 1. The van der Waals surface area contributed by atoms with Crippen LogP contribution < -0.4 is 21.7 Å². The highest BCUT2D eigenvalue weighted by molar-refractivity contribution is 7.98. The van der Waals surface area contributed by atoms with Crippen molar-refractivity contribution in [1.82, 2.24) is 16.0 Å². The molecule has 0 aliphatic heterocycles. The Labute approximate surface area is 197 Å². The fourth-order valence-corrected chi connectivity index (χ4v) is 3.28. The molecule has 0 spiro atoms. The van der Waals surface area contributed by atoms with Gasteiger partial charge >= 0.3 is 11.9 Å². The molecule has 0 aliphatic rings. The molecule has 0 aromatic rings. The number of amides is 3. The lowest BCUT2D eigenvalue weighted by Gasteiger charge is -2.26. The normalized spacial score (nSPS) is 14.7. The van der Waals surface area contributed by atoms with Crippen LogP contribution in [0.3, 0.4) is 0 Å². The molecule has 184 valence electrons. The van der Waals surface area contributed by atoms with Gasteiger partial charge in [0, 0.05) is 12.2 Å². The minimum absolute atomic E-state index is 0.0230. The van der Waals surface area contributed by atoms with Gasteiger partial charge in [0.2, 0.25) is 17.7 Å². The van der Waals surface area contributed by atoms with Gasteiger partial charge in [-0.25, -0.2) is 4.79 Å². The first-order valence-corrected chi connectivity index (χ1v) is 12.2. The molecule has 11 nitrogen and oxygen atoms in total. The van der Waals surface area contributed by atoms with Gasteiger partial charge in [-0.05, 0) is 37.2 Å². The molecule has 0 saturated carbocycles. The molecule has 3 amide bonds. The smallest absolute Gasteiger partial charge is 0.326 e. The van der Waals surface area contributed by atoms with Gasteiger partial charge in [0.25, 0.3) is 0 Å². The summed E-state index contributed by atoms with van der Waals surface area (Å²) in [6, 6.07) is -4.32. The molecular formula is C19H34N4O7S2. The summed E-state index contributed by atoms with van der Waals surface area (Å²) in [5.74, 6) is -3.83. The van der Waals surface area contributed by atoms with Crippen molar-refractivity contribution in [2.24, 2.45) is 11.7 Å². The maximum atomic E-state index is 12.9. The van der Waals surface area contributed by atoms with E-state index in [-0.39, 0.29) is 24.5 Å². The van der Waals surface area contributed by atoms with Crippen LogP contribution in [0, 0.1) is 5.92 Å². The molecule has 7 N–H and O–H groups in total. The van der Waals surface area contributed by atoms with E-state index in [1.807, 2.05) is 20.1 Å². The molecule has 32 heavy (non-hydrogen) atoms. The Morgan fingerprint density at radius 2 is 1.44 bits per heavy atom. The van der Waals surface area contributed by atoms with E-state index >= 15 is 0 Å². The van der Waals surface area contributed by atoms with Crippen molar-refractivity contribution in [3.05, 3.63) is 0 Å². The summed E-state index contributed by atoms with van der Waals surface area (Å²) in [6.45, 7) is 3.65. The van der Waals surface area contributed by atoms with Crippen molar-refractivity contribution < 1.29 is 34.2 Å². The van der Waals surface area contributed by atoms with Gasteiger partial charge in [0.1, 0.15) is 18.1 Å². The highest BCUT2D eigenvalue weighted by atomic mass is 32.2. The molecule has 0 aromatic heterocycles. The van der Waals surface area contributed by atoms with Crippen LogP contribution in [-0.2, 0) is 24.0 Å². The molecule has 0 aromatic carbocycles. The Morgan fingerprint density at radius 1 is 0.906 bits per heavy atom. The van der Waals surface area contributed by atoms with Crippen LogP contribution in [0.4, 0.5) is 0 Å². The van der Waals surface area contributed by atoms with E-state index in [1.165, 1.54) is 11.8 Å². The van der Waals surface area contributed by atoms with Gasteiger partial charge in [-0.1, -0.05) is 13.8 Å². The van der Waals surface area contributed by atoms with Crippen molar-refractivity contribution in [2.75, 3.05) is 17.8 Å². The van der Waals surface area contributed by atoms with Crippen LogP contribution in [-0.4, -0.2) is 81.8 Å². The van der Waals surface area contributed by atoms with Crippen molar-refractivity contribution in [3.63, 3.8) is 0 Å². The minimum Gasteiger partial charge on any atom is -0.481 e. The van der Waals surface area contributed by atoms with Crippen molar-refractivity contribution in [2.45, 2.75) is 63.7 Å². The Kier molecular flexibility index (Phi) is 14.8. The number of hydrogen-bond acceptors (Lipinski definition) is 8. The first-order chi connectivity index (χ1) is 14.9. The summed E-state index contributed by atoms with van der Waals surface area (Å²) in [4.78, 5) is 59.9. The zero-order valence-electron chi connectivity index (χ0n) is 18.5. The number of thioether (sulfide) groups is 1. The average Bonchev–Trinajstić information content (AvgIpc) is 2.71. The zero-order valence-corrected chi connectivity index (χ0v) is 20.2. The molecule has 0 rings (SSSR count). The summed E-state index contributed by atoms with van der Waals surface area (Å²) < 4.78 is 0. The Morgan fingerprint density at radius 3 is 1.91 bits per heavy atom. The van der Waals surface area contributed by atoms with Gasteiger partial charge in [-0.15, -0.1) is 0 Å². The monoisotopic (exact) mass is 494 g/mol. The number of carboxylic acid groups (broad SMARTS) is 2. The maximum Gasteiger partial charge on any atom is 0.326 e. The Bertz CT molecular complexity index is 664. The number of carbonyl (C=O) groups excluding carboxylic acids is 3. The number of hydrogen-bond donors (Lipinski definition) is 7. The lowest BCUT2D eigenvalue weighted by atomic mass is 10.0. The standard InChI is InChI=1S/C19H34N4O7S2/c1-10(2)8-14(18(28)22-13(19(29)30)4-5-15(24)25)23-17(27)12(6-7-32-3)21-16(26)11(20)9-31/h10-14,31H,4-9,20H2,1-3H3,(H,21,26)(H,22,28)(H,23,27)(H,24,25)(H,29,30). The molecular weight excluding hydrogens is 460 g/mol. The number of thiol groups is 1. The summed E-state index contributed by atoms with van der Waals surface area (Å²) in [6.07, 6.45) is 1.61. The molecule has 0 radical (unpaired) electrons. The molecule has 13 heteroatoms. The van der Waals surface area contributed by atoms with E-state index in [0.29, 0.717) is 12.2 Å². The SMILES string of the molecule is CSCCC(NC(=O)C(N)CS)C(=O)NC(CC(C)C)C(=O)NC(CCC(=O)O)C(=O)O. The van der Waals surface area contributed by atoms with Gasteiger partial charge in [0.15, 0.2) is 0 Å². The highest BCUT2D eigenvalue weighted by Crippen LogP contribution is 2.09. The van der Waals surface area contributed by atoms with Crippen LogP contribution >= 0.6 is 24.4 Å². The molecule has 4 unspecified atom stereocenters. The van der Waals surface area contributed by atoms with Crippen LogP contribution in [0.15, 0.2) is 0 Å². The third kappa shape index (κ3) is 12.2. The zero-order chi connectivity index (χ0) is 24.8. The quantitative estimate of drug-likeness (QED) is 0.138. The van der Waals surface area contributed by atoms with E-state index in [2.05, 4.69) is 28.6 Å². The van der Waals surface area contributed by atoms with Crippen LogP contribution in [0.2, 0.25) is 0 Å². The topological polar surface area (TPSA) is 188 Å². The van der Waals surface area contributed by atoms with Gasteiger partial charge in [0.05, 0.1) is 6.04 Å². The first kappa shape index (κ1) is 30.0. The number of carbonyl (C=O) groups is 5. The first-order valence-electron chi connectivity index (χ1n) is 10.1. The second kappa shape index (κ2) is 15.8. The predicted molar refractivity (Wildman–Crippen MR) is 125 cm³/mol. The lowest BCUT2D eigenvalue weighted by Crippen LogP contribution is -2.57. The summed E-state index contributed by atoms with van der Waals surface area (Å²) in [5.41, 5.74) is 5.65. The van der Waals surface area contributed by atoms with Crippen LogP contribution in [0.25, 0.3) is 0 Å². The fourth-order valence-electron chi connectivity index (χ4n) is 2.64. The van der Waals surface area contributed by atoms with Gasteiger partial charge in [-0.2, -0.15) is 24.4 Å². The summed E-state index contributed by atoms with van der Waals surface area (Å²) in [5, 5.41) is 25.5. The molecule has 4 atom stereocenters. The van der Waals surface area contributed by atoms with Gasteiger partial charge < -0.3 is 31.9 Å². The summed E-state index contributed by atoms with van der Waals surface area (Å²) in [7, 11) is 0. The third-order valence-electron chi connectivity index (χ3n) is 4.38. The Hall–Kier alpha value is -1.99. The van der Waals surface area contributed by atoms with E-state index in [0.717, 1.165) is 0 Å². The average molecular weight is 495 g/mol. The lowest BCUT2D eigenvalue weighted by molar-refractivity contribution is -0.143. The highest BCUT2D eigenvalue weighted by Gasteiger charge is 2.30. The fraction of sp³-hybridized carbons (Fsp3) is 0.737. The van der Waals surface area contributed by atoms with Crippen LogP contribution in [0.5, 0.6) is 0 Å². The van der Waals surface area contributed by atoms with Crippen molar-refractivity contribution in [3.8, 4) is 0 Å². The molecule has 0 heterocycles. The van der Waals surface area contributed by atoms with E-state index in [1.54, 1.807) is 0 Å². The minimum atomic E-state index is -1.41. The largest absolute Gasteiger partial charge is 0.481 e. The van der Waals surface area contributed by atoms with Crippen molar-refractivity contribution in [1.29, 1.82) is 0 Å². The van der Waals surface area contributed by atoms with Crippen molar-refractivity contribution >= 4 is 54.1 Å². The summed E-state index contributed by atoms with van der Waals surface area (Å²) >= 11 is 5.44. The number of carboxylic acids is 2. The molecule has 0 aliphatic carbocycles. The number of aliphatic carboxylic acids is 2. The molecule has 0 fully saturated rings. The second-order valence-electron chi connectivity index (χ2n) is 7.65. The second-order valence-corrected chi connectivity index (χ2v) is 9.01. The van der Waals surface area contributed by atoms with Gasteiger partial charge in [-0.3, -0.25) is 19.2 Å².